The summed E-state index contributed by atoms with van der Waals surface area (Å²) in [5, 5.41) is 15.2. The van der Waals surface area contributed by atoms with Crippen molar-refractivity contribution in [1.29, 1.82) is 0 Å². The molecule has 0 radical (unpaired) electrons. The van der Waals surface area contributed by atoms with Crippen LogP contribution in [0.15, 0.2) is 170 Å². The number of allylic oxidation sites excluding steroid dienone is 24. The summed E-state index contributed by atoms with van der Waals surface area (Å²) in [5.41, 5.74) is 0.768. The fourth-order valence-electron chi connectivity index (χ4n) is 5.58. The average molecular weight is 845 g/mol. The minimum Gasteiger partial charge on any atom is -0.492 e. The third kappa shape index (κ3) is 36.2. The van der Waals surface area contributed by atoms with Gasteiger partial charge in [-0.1, -0.05) is 172 Å². The minimum absolute atomic E-state index is 0.0254. The number of benzene rings is 1. The van der Waals surface area contributed by atoms with E-state index in [0.29, 0.717) is 38.2 Å². The molecular weight excluding hydrogens is 769 g/mol. The highest BCUT2D eigenvalue weighted by atomic mass is 16.5. The molecule has 3 N–H and O–H groups in total. The Morgan fingerprint density at radius 3 is 1.19 bits per heavy atom. The Morgan fingerprint density at radius 2 is 0.839 bits per heavy atom. The van der Waals surface area contributed by atoms with Crippen LogP contribution < -0.4 is 15.4 Å². The molecule has 1 rings (SSSR count). The second-order valence-electron chi connectivity index (χ2n) is 14.4. The number of carbonyl (C=O) groups excluding carboxylic acids is 2. The van der Waals surface area contributed by atoms with Crippen molar-refractivity contribution in [3.63, 3.8) is 0 Å². The normalized spacial score (nSPS) is 13.3. The van der Waals surface area contributed by atoms with E-state index in [1.165, 1.54) is 0 Å². The van der Waals surface area contributed by atoms with Gasteiger partial charge >= 0.3 is 5.97 Å². The zero-order chi connectivity index (χ0) is 44.8. The zero-order valence-electron chi connectivity index (χ0n) is 37.8. The molecule has 0 bridgehead atoms. The maximum Gasteiger partial charge on any atom is 0.326 e. The molecular formula is C55H76N2O5. The van der Waals surface area contributed by atoms with Gasteiger partial charge in [-0.15, -0.1) is 0 Å². The minimum atomic E-state index is -1.08. The van der Waals surface area contributed by atoms with E-state index in [0.717, 1.165) is 82.6 Å². The number of hydrogen-bond donors (Lipinski definition) is 3. The van der Waals surface area contributed by atoms with Crippen LogP contribution in [-0.2, 0) is 20.8 Å². The fraction of sp³-hybridized carbons (Fsp3) is 0.400. The van der Waals surface area contributed by atoms with Crippen molar-refractivity contribution in [3.8, 4) is 5.75 Å². The summed E-state index contributed by atoms with van der Waals surface area (Å²) in [7, 11) is 0. The van der Waals surface area contributed by atoms with Gasteiger partial charge in [0, 0.05) is 19.3 Å². The second-order valence-corrected chi connectivity index (χ2v) is 14.4. The first-order valence-electron chi connectivity index (χ1n) is 22.8. The van der Waals surface area contributed by atoms with E-state index in [1.54, 1.807) is 24.3 Å². The van der Waals surface area contributed by atoms with Gasteiger partial charge in [0.15, 0.2) is 0 Å². The lowest BCUT2D eigenvalue weighted by Crippen LogP contribution is -2.42. The molecule has 0 unspecified atom stereocenters. The van der Waals surface area contributed by atoms with Crippen LogP contribution in [0, 0.1) is 0 Å². The topological polar surface area (TPSA) is 105 Å². The van der Waals surface area contributed by atoms with E-state index in [4.69, 9.17) is 4.74 Å². The van der Waals surface area contributed by atoms with Crippen molar-refractivity contribution in [2.75, 3.05) is 13.2 Å². The largest absolute Gasteiger partial charge is 0.492 e. The summed E-state index contributed by atoms with van der Waals surface area (Å²) in [6, 6.07) is 6.09. The fourth-order valence-corrected chi connectivity index (χ4v) is 5.58. The maximum absolute atomic E-state index is 12.5. The molecule has 0 aliphatic carbocycles. The van der Waals surface area contributed by atoms with Gasteiger partial charge in [-0.25, -0.2) is 4.79 Å². The van der Waals surface area contributed by atoms with Crippen molar-refractivity contribution in [3.05, 3.63) is 176 Å². The van der Waals surface area contributed by atoms with Crippen LogP contribution in [0.3, 0.4) is 0 Å². The molecule has 0 spiro atoms. The number of carboxylic acids is 1. The highest BCUT2D eigenvalue weighted by Gasteiger charge is 2.20. The molecule has 336 valence electrons. The number of rotatable bonds is 36. The molecule has 0 aromatic heterocycles. The van der Waals surface area contributed by atoms with Gasteiger partial charge in [-0.05, 0) is 108 Å². The van der Waals surface area contributed by atoms with E-state index < -0.39 is 12.0 Å². The number of aliphatic carboxylic acids is 1. The summed E-state index contributed by atoms with van der Waals surface area (Å²) in [4.78, 5) is 36.6. The Morgan fingerprint density at radius 1 is 0.500 bits per heavy atom. The monoisotopic (exact) mass is 845 g/mol. The van der Waals surface area contributed by atoms with Crippen LogP contribution in [0.25, 0.3) is 0 Å². The lowest BCUT2D eigenvalue weighted by molar-refractivity contribution is -0.141. The van der Waals surface area contributed by atoms with Crippen molar-refractivity contribution >= 4 is 17.8 Å². The molecule has 62 heavy (non-hydrogen) atoms. The second kappa shape index (κ2) is 42.0. The molecule has 1 aromatic carbocycles. The van der Waals surface area contributed by atoms with Gasteiger partial charge in [0.2, 0.25) is 11.8 Å². The Hall–Kier alpha value is -5.69. The lowest BCUT2D eigenvalue weighted by atomic mass is 10.1. The van der Waals surface area contributed by atoms with Gasteiger partial charge in [0.1, 0.15) is 18.4 Å². The number of amides is 2. The first-order valence-corrected chi connectivity index (χ1v) is 22.8. The van der Waals surface area contributed by atoms with E-state index in [-0.39, 0.29) is 24.7 Å². The Bertz CT molecular complexity index is 1680. The van der Waals surface area contributed by atoms with Gasteiger partial charge < -0.3 is 20.5 Å². The number of nitrogens with one attached hydrogen (secondary N) is 2. The van der Waals surface area contributed by atoms with Crippen molar-refractivity contribution in [1.82, 2.24) is 10.6 Å². The van der Waals surface area contributed by atoms with Gasteiger partial charge in [-0.3, -0.25) is 9.59 Å². The third-order valence-electron chi connectivity index (χ3n) is 8.96. The SMILES string of the molecule is CC/C=C\C/C=C\C/C=C\C/C=C\C/C=C\C/C=C\CCC(=O)NCCOc1ccc(C[C@H](NC(=O)CC/C=C\C/C=C\C/C=C\C/C=C\C/C=C\C/C=C\CC)C(=O)O)cc1. The van der Waals surface area contributed by atoms with Crippen molar-refractivity contribution in [2.24, 2.45) is 0 Å². The van der Waals surface area contributed by atoms with E-state index >= 15 is 0 Å². The molecule has 1 atom stereocenters. The average Bonchev–Trinajstić information content (AvgIpc) is 3.27. The van der Waals surface area contributed by atoms with Crippen molar-refractivity contribution < 1.29 is 24.2 Å². The van der Waals surface area contributed by atoms with Crippen LogP contribution in [0.2, 0.25) is 0 Å². The number of carboxylic acid groups (broad SMARTS) is 1. The zero-order valence-corrected chi connectivity index (χ0v) is 37.8. The van der Waals surface area contributed by atoms with Crippen LogP contribution in [0.1, 0.15) is 122 Å². The van der Waals surface area contributed by atoms with Gasteiger partial charge in [-0.2, -0.15) is 0 Å². The third-order valence-corrected chi connectivity index (χ3v) is 8.96. The molecule has 0 saturated heterocycles. The first kappa shape index (κ1) is 54.3. The molecule has 0 aliphatic rings. The molecule has 1 aromatic rings. The van der Waals surface area contributed by atoms with E-state index in [1.807, 2.05) is 18.2 Å². The highest BCUT2D eigenvalue weighted by molar-refractivity contribution is 5.83. The maximum atomic E-state index is 12.5. The summed E-state index contributed by atoms with van der Waals surface area (Å²) in [5.74, 6) is -0.781. The summed E-state index contributed by atoms with van der Waals surface area (Å²) < 4.78 is 5.75. The summed E-state index contributed by atoms with van der Waals surface area (Å²) in [6.45, 7) is 4.99. The number of hydrogen-bond acceptors (Lipinski definition) is 4. The highest BCUT2D eigenvalue weighted by Crippen LogP contribution is 2.14. The quantitative estimate of drug-likeness (QED) is 0.0461. The number of carbonyl (C=O) groups is 3. The summed E-state index contributed by atoms with van der Waals surface area (Å²) in [6.07, 6.45) is 65.0. The lowest BCUT2D eigenvalue weighted by Gasteiger charge is -2.15. The van der Waals surface area contributed by atoms with Crippen LogP contribution in [0.5, 0.6) is 5.75 Å². The van der Waals surface area contributed by atoms with Gasteiger partial charge in [0.25, 0.3) is 0 Å². The molecule has 0 heterocycles. The van der Waals surface area contributed by atoms with Crippen molar-refractivity contribution in [2.45, 2.75) is 129 Å². The predicted octanol–water partition coefficient (Wildman–Crippen LogP) is 13.2. The molecule has 0 aliphatic heterocycles. The Balaban J connectivity index is 2.16. The molecule has 7 heteroatoms. The van der Waals surface area contributed by atoms with Crippen LogP contribution >= 0.6 is 0 Å². The summed E-state index contributed by atoms with van der Waals surface area (Å²) >= 11 is 0. The van der Waals surface area contributed by atoms with Gasteiger partial charge in [0.05, 0.1) is 6.54 Å². The molecule has 7 nitrogen and oxygen atoms in total. The Kier molecular flexibility index (Phi) is 36.8. The number of ether oxygens (including phenoxy) is 1. The predicted molar refractivity (Wildman–Crippen MR) is 263 cm³/mol. The van der Waals surface area contributed by atoms with E-state index in [9.17, 15) is 19.5 Å². The molecule has 2 amide bonds. The molecule has 0 saturated carbocycles. The first-order chi connectivity index (χ1) is 30.5. The van der Waals surface area contributed by atoms with Crippen LogP contribution in [-0.4, -0.2) is 42.1 Å². The Labute approximate surface area is 375 Å². The smallest absolute Gasteiger partial charge is 0.326 e. The van der Waals surface area contributed by atoms with Crippen LogP contribution in [0.4, 0.5) is 0 Å². The van der Waals surface area contributed by atoms with E-state index in [2.05, 4.69) is 152 Å². The molecule has 0 fully saturated rings. The standard InChI is InChI=1S/C55H76N2O5/c1-3-5-7-9-11-13-15-17-19-21-23-25-27-29-31-33-35-37-39-41-53(58)56-47-48-62-51-45-43-50(44-46-51)49-52(55(60)61)57-54(59)42-40-38-36-34-32-30-28-26-24-22-20-18-16-14-12-10-8-6-4-2/h5-8,11-14,17-20,23-26,29-32,35-38,43-46,52H,3-4,9-10,15-16,21-22,27-28,33-34,39-42,47-49H2,1-2H3,(H,56,58)(H,57,59)(H,60,61)/b7-5-,8-6-,13-11-,14-12-,19-17-,20-18-,25-23-,26-24-,31-29-,32-30-,37-35-,38-36-/t52-/m0/s1.